The Morgan fingerprint density at radius 2 is 1.76 bits per heavy atom. The molecule has 0 aromatic heterocycles. The minimum atomic E-state index is -0.468. The van der Waals surface area contributed by atoms with Crippen LogP contribution in [0.4, 0.5) is 0 Å². The maximum Gasteiger partial charge on any atom is 0.237 e. The van der Waals surface area contributed by atoms with Crippen LogP contribution in [0.1, 0.15) is 45.6 Å². The van der Waals surface area contributed by atoms with Gasteiger partial charge >= 0.3 is 0 Å². The van der Waals surface area contributed by atoms with E-state index in [1.165, 1.54) is 6.42 Å². The fourth-order valence-electron chi connectivity index (χ4n) is 2.22. The van der Waals surface area contributed by atoms with Gasteiger partial charge in [-0.1, -0.05) is 57.0 Å². The summed E-state index contributed by atoms with van der Waals surface area (Å²) in [6.45, 7) is 6.49. The summed E-state index contributed by atoms with van der Waals surface area (Å²) in [4.78, 5) is 12.0. The third kappa shape index (κ3) is 8.74. The third-order valence-electron chi connectivity index (χ3n) is 3.44. The van der Waals surface area contributed by atoms with Gasteiger partial charge in [0, 0.05) is 6.04 Å². The number of amides is 1. The van der Waals surface area contributed by atoms with Crippen molar-refractivity contribution >= 4 is 18.3 Å². The molecule has 0 spiro atoms. The molecular weight excluding hydrogens is 284 g/mol. The van der Waals surface area contributed by atoms with E-state index >= 15 is 0 Å². The van der Waals surface area contributed by atoms with Crippen molar-refractivity contribution < 1.29 is 4.79 Å². The second-order valence-corrected chi connectivity index (χ2v) is 6.03. The summed E-state index contributed by atoms with van der Waals surface area (Å²) in [5.74, 6) is 0.670. The lowest BCUT2D eigenvalue weighted by atomic mass is 10.0. The van der Waals surface area contributed by atoms with Gasteiger partial charge in [0.1, 0.15) is 0 Å². The van der Waals surface area contributed by atoms with Crippen LogP contribution in [0.15, 0.2) is 30.3 Å². The molecule has 0 bridgehead atoms. The van der Waals surface area contributed by atoms with Crippen LogP contribution in [0.5, 0.6) is 0 Å². The van der Waals surface area contributed by atoms with Crippen LogP contribution in [0.3, 0.4) is 0 Å². The number of hydrogen-bond donors (Lipinski definition) is 2. The highest BCUT2D eigenvalue weighted by Crippen LogP contribution is 2.08. The third-order valence-corrected chi connectivity index (χ3v) is 3.44. The van der Waals surface area contributed by atoms with Crippen molar-refractivity contribution in [2.75, 3.05) is 0 Å². The summed E-state index contributed by atoms with van der Waals surface area (Å²) < 4.78 is 0. The minimum Gasteiger partial charge on any atom is -0.352 e. The molecule has 0 aliphatic rings. The van der Waals surface area contributed by atoms with E-state index in [0.29, 0.717) is 6.42 Å². The number of hydrogen-bond acceptors (Lipinski definition) is 2. The summed E-state index contributed by atoms with van der Waals surface area (Å²) in [6, 6.07) is 9.63. The van der Waals surface area contributed by atoms with Crippen molar-refractivity contribution in [2.24, 2.45) is 11.7 Å². The van der Waals surface area contributed by atoms with Crippen molar-refractivity contribution in [3.63, 3.8) is 0 Å². The van der Waals surface area contributed by atoms with Gasteiger partial charge in [-0.05, 0) is 31.2 Å². The van der Waals surface area contributed by atoms with Gasteiger partial charge in [0.15, 0.2) is 0 Å². The van der Waals surface area contributed by atoms with Gasteiger partial charge in [0.2, 0.25) is 5.91 Å². The molecule has 120 valence electrons. The fourth-order valence-corrected chi connectivity index (χ4v) is 2.22. The highest BCUT2D eigenvalue weighted by Gasteiger charge is 2.16. The van der Waals surface area contributed by atoms with Crippen LogP contribution in [0.2, 0.25) is 0 Å². The largest absolute Gasteiger partial charge is 0.352 e. The van der Waals surface area contributed by atoms with E-state index in [1.807, 2.05) is 37.3 Å². The topological polar surface area (TPSA) is 55.1 Å². The monoisotopic (exact) mass is 312 g/mol. The van der Waals surface area contributed by atoms with Gasteiger partial charge in [-0.15, -0.1) is 12.4 Å². The number of nitrogens with one attached hydrogen (secondary N) is 1. The van der Waals surface area contributed by atoms with E-state index in [2.05, 4.69) is 19.2 Å². The van der Waals surface area contributed by atoms with Crippen molar-refractivity contribution in [1.29, 1.82) is 0 Å². The standard InChI is InChI=1S/C17H28N2O.ClH/c1-13(2)8-7-9-14(3)19-17(20)16(18)12-15-10-5-4-6-11-15;/h4-6,10-11,13-14,16H,7-9,12,18H2,1-3H3,(H,19,20);1H. The summed E-state index contributed by atoms with van der Waals surface area (Å²) in [6.07, 6.45) is 3.96. The van der Waals surface area contributed by atoms with E-state index in [0.717, 1.165) is 24.3 Å². The first kappa shape index (κ1) is 19.9. The predicted octanol–water partition coefficient (Wildman–Crippen LogP) is 3.31. The maximum absolute atomic E-state index is 12.0. The molecule has 0 saturated carbocycles. The van der Waals surface area contributed by atoms with E-state index in [9.17, 15) is 4.79 Å². The van der Waals surface area contributed by atoms with Gasteiger partial charge in [-0.3, -0.25) is 4.79 Å². The van der Waals surface area contributed by atoms with E-state index in [4.69, 9.17) is 5.73 Å². The normalized spacial score (nSPS) is 13.4. The number of halogens is 1. The number of nitrogens with two attached hydrogens (primary N) is 1. The first-order valence-corrected chi connectivity index (χ1v) is 7.59. The Balaban J connectivity index is 0.00000400. The molecule has 4 heteroatoms. The molecule has 1 aromatic rings. The van der Waals surface area contributed by atoms with Crippen LogP contribution in [0.25, 0.3) is 0 Å². The lowest BCUT2D eigenvalue weighted by Gasteiger charge is -2.18. The zero-order valence-corrected chi connectivity index (χ0v) is 14.2. The predicted molar refractivity (Wildman–Crippen MR) is 91.7 cm³/mol. The Morgan fingerprint density at radius 1 is 1.14 bits per heavy atom. The smallest absolute Gasteiger partial charge is 0.237 e. The molecule has 0 aliphatic carbocycles. The Labute approximate surface area is 135 Å². The Hall–Kier alpha value is -1.06. The Bertz CT molecular complexity index is 395. The second kappa shape index (κ2) is 10.6. The molecular formula is C17H29ClN2O. The average Bonchev–Trinajstić information content (AvgIpc) is 2.39. The lowest BCUT2D eigenvalue weighted by molar-refractivity contribution is -0.123. The van der Waals surface area contributed by atoms with Crippen molar-refractivity contribution in [3.8, 4) is 0 Å². The minimum absolute atomic E-state index is 0. The molecule has 3 nitrogen and oxygen atoms in total. The van der Waals surface area contributed by atoms with E-state index < -0.39 is 6.04 Å². The van der Waals surface area contributed by atoms with Crippen LogP contribution < -0.4 is 11.1 Å². The molecule has 2 unspecified atom stereocenters. The summed E-state index contributed by atoms with van der Waals surface area (Å²) in [5.41, 5.74) is 7.06. The number of benzene rings is 1. The first-order chi connectivity index (χ1) is 9.49. The molecule has 0 fully saturated rings. The molecule has 1 aromatic carbocycles. The van der Waals surface area contributed by atoms with Crippen LogP contribution in [-0.4, -0.2) is 18.0 Å². The van der Waals surface area contributed by atoms with Crippen molar-refractivity contribution in [1.82, 2.24) is 5.32 Å². The molecule has 0 aliphatic heterocycles. The molecule has 0 saturated heterocycles. The average molecular weight is 313 g/mol. The SMILES string of the molecule is CC(C)CCCC(C)NC(=O)C(N)Cc1ccccc1.Cl. The molecule has 3 N–H and O–H groups in total. The van der Waals surface area contributed by atoms with Gasteiger partial charge in [0.25, 0.3) is 0 Å². The summed E-state index contributed by atoms with van der Waals surface area (Å²) in [7, 11) is 0. The van der Waals surface area contributed by atoms with Gasteiger partial charge in [-0.25, -0.2) is 0 Å². The number of carbonyl (C=O) groups excluding carboxylic acids is 1. The highest BCUT2D eigenvalue weighted by atomic mass is 35.5. The van der Waals surface area contributed by atoms with Crippen molar-refractivity contribution in [2.45, 2.75) is 58.5 Å². The second-order valence-electron chi connectivity index (χ2n) is 6.03. The lowest BCUT2D eigenvalue weighted by Crippen LogP contribution is -2.45. The van der Waals surface area contributed by atoms with Crippen LogP contribution in [-0.2, 0) is 11.2 Å². The van der Waals surface area contributed by atoms with Gasteiger partial charge < -0.3 is 11.1 Å². The van der Waals surface area contributed by atoms with Crippen LogP contribution >= 0.6 is 12.4 Å². The molecule has 0 heterocycles. The van der Waals surface area contributed by atoms with Gasteiger partial charge in [-0.2, -0.15) is 0 Å². The molecule has 0 radical (unpaired) electrons. The first-order valence-electron chi connectivity index (χ1n) is 7.59. The van der Waals surface area contributed by atoms with Crippen LogP contribution in [0, 0.1) is 5.92 Å². The van der Waals surface area contributed by atoms with E-state index in [-0.39, 0.29) is 24.4 Å². The molecule has 1 amide bonds. The zero-order valence-electron chi connectivity index (χ0n) is 13.3. The highest BCUT2D eigenvalue weighted by molar-refractivity contribution is 5.85. The summed E-state index contributed by atoms with van der Waals surface area (Å²) in [5, 5.41) is 3.01. The van der Waals surface area contributed by atoms with Crippen molar-refractivity contribution in [3.05, 3.63) is 35.9 Å². The molecule has 1 rings (SSSR count). The number of rotatable bonds is 8. The number of carbonyl (C=O) groups is 1. The molecule has 21 heavy (non-hydrogen) atoms. The molecule has 2 atom stereocenters. The Morgan fingerprint density at radius 3 is 2.33 bits per heavy atom. The summed E-state index contributed by atoms with van der Waals surface area (Å²) >= 11 is 0. The Kier molecular flexibility index (Phi) is 10.1. The fraction of sp³-hybridized carbons (Fsp3) is 0.588. The zero-order chi connectivity index (χ0) is 15.0. The maximum atomic E-state index is 12.0. The van der Waals surface area contributed by atoms with E-state index in [1.54, 1.807) is 0 Å². The van der Waals surface area contributed by atoms with Gasteiger partial charge in [0.05, 0.1) is 6.04 Å². The quantitative estimate of drug-likeness (QED) is 0.773.